The molecule has 1 aromatic carbocycles. The average molecular weight is 324 g/mol. The minimum absolute atomic E-state index is 0.0431. The number of alkyl halides is 3. The Balaban J connectivity index is 2.20. The predicted molar refractivity (Wildman–Crippen MR) is 81.0 cm³/mol. The van der Waals surface area contributed by atoms with Crippen molar-refractivity contribution in [3.8, 4) is 5.75 Å². The highest BCUT2D eigenvalue weighted by Gasteiger charge is 2.27. The van der Waals surface area contributed by atoms with Gasteiger partial charge in [0.15, 0.2) is 0 Å². The van der Waals surface area contributed by atoms with E-state index in [4.69, 9.17) is 4.74 Å². The van der Waals surface area contributed by atoms with Crippen molar-refractivity contribution in [1.29, 1.82) is 0 Å². The first-order valence-electron chi connectivity index (χ1n) is 6.43. The van der Waals surface area contributed by atoms with Crippen molar-refractivity contribution in [2.24, 2.45) is 0 Å². The molecular formula is C14H19F3OS2. The van der Waals surface area contributed by atoms with Crippen molar-refractivity contribution in [3.05, 3.63) is 23.3 Å². The number of thioether (sulfide) groups is 1. The number of hydrogen-bond donors (Lipinski definition) is 1. The molecule has 0 heterocycles. The van der Waals surface area contributed by atoms with Gasteiger partial charge in [0, 0.05) is 10.6 Å². The van der Waals surface area contributed by atoms with Crippen LogP contribution in [-0.2, 0) is 0 Å². The number of aryl methyl sites for hydroxylation is 2. The smallest absolute Gasteiger partial charge is 0.441 e. The predicted octanol–water partition coefficient (Wildman–Crippen LogP) is 5.39. The van der Waals surface area contributed by atoms with Gasteiger partial charge in [-0.3, -0.25) is 0 Å². The molecule has 0 spiro atoms. The van der Waals surface area contributed by atoms with Gasteiger partial charge in [-0.15, -0.1) is 12.6 Å². The van der Waals surface area contributed by atoms with Crippen LogP contribution in [0.1, 0.15) is 30.4 Å². The Morgan fingerprint density at radius 3 is 2.45 bits per heavy atom. The van der Waals surface area contributed by atoms with E-state index in [9.17, 15) is 13.2 Å². The summed E-state index contributed by atoms with van der Waals surface area (Å²) in [7, 11) is 0. The third-order valence-corrected chi connectivity index (χ3v) is 4.11. The third-order valence-electron chi connectivity index (χ3n) is 2.81. The van der Waals surface area contributed by atoms with E-state index in [1.54, 1.807) is 0 Å². The molecule has 0 bridgehead atoms. The van der Waals surface area contributed by atoms with E-state index in [2.05, 4.69) is 12.6 Å². The highest BCUT2D eigenvalue weighted by Crippen LogP contribution is 2.31. The zero-order valence-corrected chi connectivity index (χ0v) is 13.3. The zero-order chi connectivity index (χ0) is 15.2. The van der Waals surface area contributed by atoms with Gasteiger partial charge in [-0.25, -0.2) is 0 Å². The molecule has 0 aliphatic rings. The maximum Gasteiger partial charge on any atom is 0.441 e. The van der Waals surface area contributed by atoms with Gasteiger partial charge in [-0.1, -0.05) is 17.8 Å². The first-order chi connectivity index (χ1) is 9.29. The van der Waals surface area contributed by atoms with Crippen LogP contribution in [0.2, 0.25) is 0 Å². The van der Waals surface area contributed by atoms with Crippen LogP contribution >= 0.6 is 24.4 Å². The summed E-state index contributed by atoms with van der Waals surface area (Å²) in [5.41, 5.74) is -1.96. The quantitative estimate of drug-likeness (QED) is 0.531. The molecule has 0 fully saturated rings. The van der Waals surface area contributed by atoms with Crippen LogP contribution in [-0.4, -0.2) is 17.9 Å². The van der Waals surface area contributed by atoms with Crippen LogP contribution in [0.25, 0.3) is 0 Å². The summed E-state index contributed by atoms with van der Waals surface area (Å²) in [6.45, 7) is 4.47. The second kappa shape index (κ2) is 8.08. The first-order valence-corrected chi connectivity index (χ1v) is 7.86. The SMILES string of the molecule is Cc1cc(C)c(OCCCCCSC(F)(F)F)cc1S. The van der Waals surface area contributed by atoms with E-state index in [0.29, 0.717) is 13.0 Å². The maximum atomic E-state index is 11.9. The minimum atomic E-state index is -4.11. The number of thiol groups is 1. The Bertz CT molecular complexity index is 433. The van der Waals surface area contributed by atoms with Crippen molar-refractivity contribution in [2.75, 3.05) is 12.4 Å². The lowest BCUT2D eigenvalue weighted by molar-refractivity contribution is -0.0328. The molecule has 1 rings (SSSR count). The van der Waals surface area contributed by atoms with Gasteiger partial charge in [0.05, 0.1) is 6.61 Å². The molecule has 0 atom stereocenters. The monoisotopic (exact) mass is 324 g/mol. The van der Waals surface area contributed by atoms with E-state index < -0.39 is 5.51 Å². The molecule has 1 aromatic rings. The van der Waals surface area contributed by atoms with Crippen molar-refractivity contribution in [2.45, 2.75) is 43.5 Å². The second-order valence-electron chi connectivity index (χ2n) is 4.61. The van der Waals surface area contributed by atoms with Crippen molar-refractivity contribution < 1.29 is 17.9 Å². The Labute approximate surface area is 127 Å². The zero-order valence-electron chi connectivity index (χ0n) is 11.6. The van der Waals surface area contributed by atoms with Crippen molar-refractivity contribution in [3.63, 3.8) is 0 Å². The molecule has 0 aliphatic carbocycles. The largest absolute Gasteiger partial charge is 0.493 e. The third kappa shape index (κ3) is 6.79. The van der Waals surface area contributed by atoms with Crippen LogP contribution < -0.4 is 4.74 Å². The fourth-order valence-corrected chi connectivity index (χ4v) is 2.49. The first kappa shape index (κ1) is 17.6. The van der Waals surface area contributed by atoms with Gasteiger partial charge in [-0.2, -0.15) is 13.2 Å². The van der Waals surface area contributed by atoms with E-state index in [1.165, 1.54) is 0 Å². The number of unbranched alkanes of at least 4 members (excludes halogenated alkanes) is 2. The molecule has 20 heavy (non-hydrogen) atoms. The normalized spacial score (nSPS) is 11.7. The van der Waals surface area contributed by atoms with Gasteiger partial charge >= 0.3 is 5.51 Å². The summed E-state index contributed by atoms with van der Waals surface area (Å²) < 4.78 is 41.3. The molecule has 0 N–H and O–H groups in total. The minimum Gasteiger partial charge on any atom is -0.493 e. The summed E-state index contributed by atoms with van der Waals surface area (Å²) in [4.78, 5) is 0.882. The Morgan fingerprint density at radius 1 is 1.10 bits per heavy atom. The fourth-order valence-electron chi connectivity index (χ4n) is 1.73. The fraction of sp³-hybridized carbons (Fsp3) is 0.571. The Morgan fingerprint density at radius 2 is 1.80 bits per heavy atom. The maximum absolute atomic E-state index is 11.9. The summed E-state index contributed by atoms with van der Waals surface area (Å²) >= 11 is 4.39. The summed E-state index contributed by atoms with van der Waals surface area (Å²) in [6.07, 6.45) is 2.05. The molecule has 0 aromatic heterocycles. The van der Waals surface area contributed by atoms with Crippen LogP contribution in [0.5, 0.6) is 5.75 Å². The number of hydrogen-bond acceptors (Lipinski definition) is 3. The Hall–Kier alpha value is -0.490. The van der Waals surface area contributed by atoms with E-state index in [0.717, 1.165) is 34.6 Å². The van der Waals surface area contributed by atoms with Crippen LogP contribution in [0, 0.1) is 13.8 Å². The van der Waals surface area contributed by atoms with Gasteiger partial charge < -0.3 is 4.74 Å². The molecule has 0 amide bonds. The lowest BCUT2D eigenvalue weighted by atomic mass is 10.1. The molecular weight excluding hydrogens is 305 g/mol. The molecule has 114 valence electrons. The van der Waals surface area contributed by atoms with E-state index in [1.807, 2.05) is 26.0 Å². The number of halogens is 3. The number of ether oxygens (including phenoxy) is 1. The summed E-state index contributed by atoms with van der Waals surface area (Å²) in [6, 6.07) is 3.89. The molecule has 0 saturated carbocycles. The van der Waals surface area contributed by atoms with Crippen molar-refractivity contribution in [1.82, 2.24) is 0 Å². The average Bonchev–Trinajstić information content (AvgIpc) is 2.32. The standard InChI is InChI=1S/C14H19F3OS2/c1-10-8-11(2)13(19)9-12(10)18-6-4-3-5-7-20-14(15,16)17/h8-9,19H,3-7H2,1-2H3. The molecule has 0 aliphatic heterocycles. The highest BCUT2D eigenvalue weighted by molar-refractivity contribution is 8.00. The highest BCUT2D eigenvalue weighted by atomic mass is 32.2. The lowest BCUT2D eigenvalue weighted by Crippen LogP contribution is -2.02. The Kier molecular flexibility index (Phi) is 7.09. The summed E-state index contributed by atoms with van der Waals surface area (Å²) in [5, 5.41) is 0. The lowest BCUT2D eigenvalue weighted by Gasteiger charge is -2.11. The number of benzene rings is 1. The molecule has 0 radical (unpaired) electrons. The van der Waals surface area contributed by atoms with Gasteiger partial charge in [-0.05, 0) is 50.3 Å². The van der Waals surface area contributed by atoms with E-state index in [-0.39, 0.29) is 17.5 Å². The van der Waals surface area contributed by atoms with Crippen LogP contribution in [0.3, 0.4) is 0 Å². The molecule has 6 heteroatoms. The van der Waals surface area contributed by atoms with Crippen LogP contribution in [0.4, 0.5) is 13.2 Å². The topological polar surface area (TPSA) is 9.23 Å². The molecule has 0 unspecified atom stereocenters. The van der Waals surface area contributed by atoms with Crippen LogP contribution in [0.15, 0.2) is 17.0 Å². The van der Waals surface area contributed by atoms with Crippen molar-refractivity contribution >= 4 is 24.4 Å². The second-order valence-corrected chi connectivity index (χ2v) is 6.25. The van der Waals surface area contributed by atoms with E-state index >= 15 is 0 Å². The van der Waals surface area contributed by atoms with Gasteiger partial charge in [0.25, 0.3) is 0 Å². The van der Waals surface area contributed by atoms with Gasteiger partial charge in [0.2, 0.25) is 0 Å². The number of rotatable bonds is 7. The molecule has 0 saturated heterocycles. The summed E-state index contributed by atoms with van der Waals surface area (Å²) in [5.74, 6) is 0.915. The van der Waals surface area contributed by atoms with Gasteiger partial charge in [0.1, 0.15) is 5.75 Å². The molecule has 1 nitrogen and oxygen atoms in total.